The molecule has 1 aromatic heterocycles. The summed E-state index contributed by atoms with van der Waals surface area (Å²) in [4.78, 5) is 8.33. The van der Waals surface area contributed by atoms with Crippen LogP contribution < -0.4 is 5.73 Å². The van der Waals surface area contributed by atoms with E-state index in [-0.39, 0.29) is 6.04 Å². The first-order valence-corrected chi connectivity index (χ1v) is 5.36. The van der Waals surface area contributed by atoms with Gasteiger partial charge in [-0.25, -0.2) is 9.97 Å². The molecule has 0 spiro atoms. The zero-order valence-corrected chi connectivity index (χ0v) is 9.65. The highest BCUT2D eigenvalue weighted by molar-refractivity contribution is 6.31. The summed E-state index contributed by atoms with van der Waals surface area (Å²) >= 11 is 6.09. The number of aryl methyl sites for hydroxylation is 1. The number of hydrogen-bond donors (Lipinski definition) is 1. The van der Waals surface area contributed by atoms with Crippen LogP contribution >= 0.6 is 11.6 Å². The lowest BCUT2D eigenvalue weighted by Crippen LogP contribution is -2.14. The van der Waals surface area contributed by atoms with Gasteiger partial charge in [0.05, 0.1) is 11.7 Å². The molecule has 0 saturated carbocycles. The van der Waals surface area contributed by atoms with E-state index in [4.69, 9.17) is 17.3 Å². The summed E-state index contributed by atoms with van der Waals surface area (Å²) in [6.07, 6.45) is 1.70. The summed E-state index contributed by atoms with van der Waals surface area (Å²) in [5.74, 6) is 0.708. The van der Waals surface area contributed by atoms with E-state index in [0.29, 0.717) is 10.8 Å². The Hall–Kier alpha value is -1.45. The van der Waals surface area contributed by atoms with E-state index in [1.54, 1.807) is 12.3 Å². The molecule has 2 N–H and O–H groups in total. The summed E-state index contributed by atoms with van der Waals surface area (Å²) in [6.45, 7) is 1.84. The van der Waals surface area contributed by atoms with Crippen molar-refractivity contribution >= 4 is 11.6 Å². The molecular weight excluding hydrogens is 222 g/mol. The minimum Gasteiger partial charge on any atom is -0.319 e. The van der Waals surface area contributed by atoms with Crippen molar-refractivity contribution in [3.63, 3.8) is 0 Å². The van der Waals surface area contributed by atoms with Crippen molar-refractivity contribution in [2.45, 2.75) is 13.0 Å². The van der Waals surface area contributed by atoms with E-state index in [9.17, 15) is 0 Å². The molecule has 1 atom stereocenters. The van der Waals surface area contributed by atoms with Crippen LogP contribution in [0.5, 0.6) is 0 Å². The fourth-order valence-electron chi connectivity index (χ4n) is 1.53. The van der Waals surface area contributed by atoms with Gasteiger partial charge in [-0.1, -0.05) is 29.8 Å². The van der Waals surface area contributed by atoms with Crippen LogP contribution in [0.15, 0.2) is 36.5 Å². The molecule has 1 aromatic carbocycles. The second-order valence-corrected chi connectivity index (χ2v) is 3.94. The highest BCUT2D eigenvalue weighted by atomic mass is 35.5. The largest absolute Gasteiger partial charge is 0.319 e. The van der Waals surface area contributed by atoms with Gasteiger partial charge in [0.2, 0.25) is 0 Å². The lowest BCUT2D eigenvalue weighted by atomic mass is 10.0. The third-order valence-electron chi connectivity index (χ3n) is 2.36. The lowest BCUT2D eigenvalue weighted by Gasteiger charge is -2.13. The van der Waals surface area contributed by atoms with Gasteiger partial charge in [0.1, 0.15) is 5.82 Å². The molecule has 0 saturated heterocycles. The molecule has 0 fully saturated rings. The molecule has 2 rings (SSSR count). The van der Waals surface area contributed by atoms with Crippen molar-refractivity contribution in [2.75, 3.05) is 0 Å². The topological polar surface area (TPSA) is 51.8 Å². The SMILES string of the molecule is Cc1nccc(C(N)c2ccccc2Cl)n1. The van der Waals surface area contributed by atoms with Crippen LogP contribution in [0, 0.1) is 6.92 Å². The maximum absolute atomic E-state index is 6.11. The number of halogens is 1. The Balaban J connectivity index is 2.39. The van der Waals surface area contributed by atoms with Crippen LogP contribution in [0.1, 0.15) is 23.1 Å². The molecule has 0 bridgehead atoms. The first-order chi connectivity index (χ1) is 7.68. The molecule has 0 radical (unpaired) electrons. The van der Waals surface area contributed by atoms with Gasteiger partial charge < -0.3 is 5.73 Å². The first kappa shape index (κ1) is 11.0. The van der Waals surface area contributed by atoms with Gasteiger partial charge >= 0.3 is 0 Å². The predicted molar refractivity (Wildman–Crippen MR) is 64.3 cm³/mol. The number of rotatable bonds is 2. The number of aromatic nitrogens is 2. The molecule has 3 nitrogen and oxygen atoms in total. The quantitative estimate of drug-likeness (QED) is 0.867. The molecule has 0 amide bonds. The molecule has 0 aliphatic heterocycles. The van der Waals surface area contributed by atoms with E-state index >= 15 is 0 Å². The van der Waals surface area contributed by atoms with Crippen molar-refractivity contribution in [3.05, 3.63) is 58.6 Å². The Kier molecular flexibility index (Phi) is 3.17. The summed E-state index contributed by atoms with van der Waals surface area (Å²) in [5, 5.41) is 0.659. The number of hydrogen-bond acceptors (Lipinski definition) is 3. The van der Waals surface area contributed by atoms with Crippen LogP contribution in [-0.4, -0.2) is 9.97 Å². The minimum absolute atomic E-state index is 0.310. The molecule has 0 aliphatic rings. The highest BCUT2D eigenvalue weighted by Crippen LogP contribution is 2.24. The molecule has 1 unspecified atom stereocenters. The first-order valence-electron chi connectivity index (χ1n) is 4.98. The second-order valence-electron chi connectivity index (χ2n) is 3.53. The van der Waals surface area contributed by atoms with Crippen molar-refractivity contribution in [2.24, 2.45) is 5.73 Å². The predicted octanol–water partition coefficient (Wildman–Crippen LogP) is 2.49. The van der Waals surface area contributed by atoms with Crippen LogP contribution in [0.2, 0.25) is 5.02 Å². The molecule has 1 heterocycles. The van der Waals surface area contributed by atoms with Gasteiger partial charge in [0.15, 0.2) is 0 Å². The summed E-state index contributed by atoms with van der Waals surface area (Å²) < 4.78 is 0. The fraction of sp³-hybridized carbons (Fsp3) is 0.167. The van der Waals surface area contributed by atoms with Gasteiger partial charge in [-0.15, -0.1) is 0 Å². The van der Waals surface area contributed by atoms with Crippen LogP contribution in [0.3, 0.4) is 0 Å². The lowest BCUT2D eigenvalue weighted by molar-refractivity contribution is 0.807. The van der Waals surface area contributed by atoms with Crippen LogP contribution in [-0.2, 0) is 0 Å². The van der Waals surface area contributed by atoms with E-state index in [2.05, 4.69) is 9.97 Å². The number of nitrogens with two attached hydrogens (primary N) is 1. The van der Waals surface area contributed by atoms with Gasteiger partial charge in [0.25, 0.3) is 0 Å². The summed E-state index contributed by atoms with van der Waals surface area (Å²) in [6, 6.07) is 9.02. The average Bonchev–Trinajstić information content (AvgIpc) is 2.29. The van der Waals surface area contributed by atoms with Crippen molar-refractivity contribution in [1.29, 1.82) is 0 Å². The summed E-state index contributed by atoms with van der Waals surface area (Å²) in [7, 11) is 0. The van der Waals surface area contributed by atoms with E-state index in [1.807, 2.05) is 31.2 Å². The number of nitrogens with zero attached hydrogens (tertiary/aromatic N) is 2. The molecule has 0 aliphatic carbocycles. The standard InChI is InChI=1S/C12H12ClN3/c1-8-15-7-6-11(16-8)12(14)9-4-2-3-5-10(9)13/h2-7,12H,14H2,1H3. The van der Waals surface area contributed by atoms with Crippen molar-refractivity contribution < 1.29 is 0 Å². The van der Waals surface area contributed by atoms with E-state index in [1.165, 1.54) is 0 Å². The van der Waals surface area contributed by atoms with E-state index < -0.39 is 0 Å². The average molecular weight is 234 g/mol. The fourth-order valence-corrected chi connectivity index (χ4v) is 1.79. The Labute approximate surface area is 99.3 Å². The third kappa shape index (κ3) is 2.21. The maximum Gasteiger partial charge on any atom is 0.125 e. The summed E-state index contributed by atoms with van der Waals surface area (Å²) in [5.41, 5.74) is 7.77. The van der Waals surface area contributed by atoms with Crippen LogP contribution in [0.4, 0.5) is 0 Å². The zero-order chi connectivity index (χ0) is 11.5. The smallest absolute Gasteiger partial charge is 0.125 e. The van der Waals surface area contributed by atoms with Gasteiger partial charge in [-0.05, 0) is 24.6 Å². The highest BCUT2D eigenvalue weighted by Gasteiger charge is 2.13. The Bertz CT molecular complexity index is 499. The molecular formula is C12H12ClN3. The number of benzene rings is 1. The van der Waals surface area contributed by atoms with Gasteiger partial charge in [0, 0.05) is 11.2 Å². The van der Waals surface area contributed by atoms with Crippen molar-refractivity contribution in [1.82, 2.24) is 9.97 Å². The Morgan fingerprint density at radius 3 is 2.69 bits per heavy atom. The second kappa shape index (κ2) is 4.60. The zero-order valence-electron chi connectivity index (χ0n) is 8.89. The third-order valence-corrected chi connectivity index (χ3v) is 2.70. The maximum atomic E-state index is 6.11. The Morgan fingerprint density at radius 2 is 2.00 bits per heavy atom. The molecule has 16 heavy (non-hydrogen) atoms. The molecule has 4 heteroatoms. The van der Waals surface area contributed by atoms with Crippen LogP contribution in [0.25, 0.3) is 0 Å². The van der Waals surface area contributed by atoms with Gasteiger partial charge in [-0.3, -0.25) is 0 Å². The van der Waals surface area contributed by atoms with Gasteiger partial charge in [-0.2, -0.15) is 0 Å². The molecule has 82 valence electrons. The normalized spacial score (nSPS) is 12.4. The van der Waals surface area contributed by atoms with Crippen molar-refractivity contribution in [3.8, 4) is 0 Å². The Morgan fingerprint density at radius 1 is 1.25 bits per heavy atom. The molecule has 2 aromatic rings. The minimum atomic E-state index is -0.310. The van der Waals surface area contributed by atoms with E-state index in [0.717, 1.165) is 11.3 Å². The monoisotopic (exact) mass is 233 g/mol.